The van der Waals surface area contributed by atoms with Gasteiger partial charge in [0.05, 0.1) is 11.2 Å². The predicted molar refractivity (Wildman–Crippen MR) is 64.4 cm³/mol. The molecule has 96 valence electrons. The summed E-state index contributed by atoms with van der Waals surface area (Å²) in [5.74, 6) is 0. The summed E-state index contributed by atoms with van der Waals surface area (Å²) >= 11 is 0. The Hall–Kier alpha value is -0.960. The fourth-order valence-electron chi connectivity index (χ4n) is 1.36. The van der Waals surface area contributed by atoms with E-state index in [1.807, 2.05) is 0 Å². The number of primary sulfonamides is 1. The fraction of sp³-hybridized carbons (Fsp3) is 0.333. The van der Waals surface area contributed by atoms with Crippen LogP contribution in [0.15, 0.2) is 29.2 Å². The number of nitrogens with one attached hydrogen (secondary N) is 1. The van der Waals surface area contributed by atoms with Gasteiger partial charge in [-0.15, -0.1) is 0 Å². The van der Waals surface area contributed by atoms with E-state index >= 15 is 0 Å². The Labute approximate surface area is 101 Å². The molecule has 17 heavy (non-hydrogen) atoms. The highest BCUT2D eigenvalue weighted by atomic mass is 32.2. The molecule has 0 saturated heterocycles. The van der Waals surface area contributed by atoms with E-state index in [2.05, 4.69) is 4.72 Å². The molecule has 0 aromatic heterocycles. The van der Waals surface area contributed by atoms with Crippen molar-refractivity contribution in [2.24, 2.45) is 5.14 Å². The summed E-state index contributed by atoms with van der Waals surface area (Å²) < 4.78 is 46.5. The zero-order chi connectivity index (χ0) is 13.1. The van der Waals surface area contributed by atoms with E-state index in [1.54, 1.807) is 18.2 Å². The molecule has 1 aromatic rings. The van der Waals surface area contributed by atoms with Crippen LogP contribution in [0.5, 0.6) is 0 Å². The lowest BCUT2D eigenvalue weighted by Crippen LogP contribution is -2.25. The van der Waals surface area contributed by atoms with Crippen molar-refractivity contribution in [2.75, 3.05) is 12.8 Å². The summed E-state index contributed by atoms with van der Waals surface area (Å²) in [5.41, 5.74) is 0.492. The van der Waals surface area contributed by atoms with Gasteiger partial charge in [-0.3, -0.25) is 0 Å². The Morgan fingerprint density at radius 2 is 1.76 bits per heavy atom. The molecule has 8 heteroatoms. The van der Waals surface area contributed by atoms with Crippen molar-refractivity contribution in [3.8, 4) is 0 Å². The van der Waals surface area contributed by atoms with Crippen LogP contribution in [0.1, 0.15) is 5.56 Å². The molecular formula is C9H14N2O4S2. The van der Waals surface area contributed by atoms with Gasteiger partial charge in [-0.1, -0.05) is 18.2 Å². The first-order chi connectivity index (χ1) is 7.70. The van der Waals surface area contributed by atoms with Crippen LogP contribution in [-0.4, -0.2) is 29.6 Å². The normalized spacial score (nSPS) is 12.6. The van der Waals surface area contributed by atoms with Crippen LogP contribution >= 0.6 is 0 Å². The van der Waals surface area contributed by atoms with Gasteiger partial charge in [0.15, 0.2) is 0 Å². The molecule has 0 spiro atoms. The van der Waals surface area contributed by atoms with Crippen molar-refractivity contribution in [1.82, 2.24) is 4.72 Å². The average molecular weight is 278 g/mol. The lowest BCUT2D eigenvalue weighted by Gasteiger charge is -2.07. The number of sulfonamides is 2. The molecule has 0 aliphatic carbocycles. The Morgan fingerprint density at radius 1 is 1.18 bits per heavy atom. The molecule has 1 aromatic carbocycles. The molecule has 0 bridgehead atoms. The quantitative estimate of drug-likeness (QED) is 0.752. The van der Waals surface area contributed by atoms with Crippen LogP contribution < -0.4 is 9.86 Å². The van der Waals surface area contributed by atoms with Gasteiger partial charge in [0.2, 0.25) is 20.0 Å². The first kappa shape index (κ1) is 14.1. The van der Waals surface area contributed by atoms with Crippen LogP contribution in [0.3, 0.4) is 0 Å². The molecule has 0 unspecified atom stereocenters. The monoisotopic (exact) mass is 278 g/mol. The Balaban J connectivity index is 2.86. The number of hydrogen-bond acceptors (Lipinski definition) is 4. The third kappa shape index (κ3) is 4.82. The number of nitrogens with two attached hydrogens (primary N) is 1. The van der Waals surface area contributed by atoms with Crippen molar-refractivity contribution in [2.45, 2.75) is 11.3 Å². The second-order valence-corrected chi connectivity index (χ2v) is 6.93. The number of rotatable bonds is 5. The molecule has 0 amide bonds. The fourth-order valence-corrected chi connectivity index (χ4v) is 2.64. The van der Waals surface area contributed by atoms with Gasteiger partial charge in [0.1, 0.15) is 0 Å². The van der Waals surface area contributed by atoms with Gasteiger partial charge in [-0.2, -0.15) is 0 Å². The molecule has 3 N–H and O–H groups in total. The first-order valence-corrected chi connectivity index (χ1v) is 8.19. The summed E-state index contributed by atoms with van der Waals surface area (Å²) in [7, 11) is -7.05. The van der Waals surface area contributed by atoms with Crippen molar-refractivity contribution in [3.05, 3.63) is 29.8 Å². The van der Waals surface area contributed by atoms with Crippen molar-refractivity contribution in [3.63, 3.8) is 0 Å². The van der Waals surface area contributed by atoms with Crippen LogP contribution in [0, 0.1) is 0 Å². The largest absolute Gasteiger partial charge is 0.238 e. The van der Waals surface area contributed by atoms with Crippen LogP contribution in [-0.2, 0) is 26.5 Å². The summed E-state index contributed by atoms with van der Waals surface area (Å²) in [5, 5.41) is 5.05. The summed E-state index contributed by atoms with van der Waals surface area (Å²) in [6.45, 7) is 0.130. The van der Waals surface area contributed by atoms with E-state index in [1.165, 1.54) is 6.07 Å². The van der Waals surface area contributed by atoms with E-state index < -0.39 is 20.0 Å². The van der Waals surface area contributed by atoms with E-state index in [0.29, 0.717) is 5.56 Å². The van der Waals surface area contributed by atoms with E-state index in [9.17, 15) is 16.8 Å². The van der Waals surface area contributed by atoms with Gasteiger partial charge in [-0.05, 0) is 18.1 Å². The lowest BCUT2D eigenvalue weighted by molar-refractivity contribution is 0.587. The minimum Gasteiger partial charge on any atom is -0.225 e. The second kappa shape index (κ2) is 5.13. The minimum absolute atomic E-state index is 0.0234. The molecule has 0 heterocycles. The predicted octanol–water partition coefficient (Wildman–Crippen LogP) is -0.574. The maximum atomic E-state index is 11.3. The maximum absolute atomic E-state index is 11.3. The third-order valence-corrected chi connectivity index (χ3v) is 3.78. The molecule has 0 saturated carbocycles. The maximum Gasteiger partial charge on any atom is 0.238 e. The molecule has 6 nitrogen and oxygen atoms in total. The van der Waals surface area contributed by atoms with E-state index in [0.717, 1.165) is 6.26 Å². The SMILES string of the molecule is CS(=O)(=O)NCCc1ccccc1S(N)(=O)=O. The van der Waals surface area contributed by atoms with Gasteiger partial charge >= 0.3 is 0 Å². The topological polar surface area (TPSA) is 106 Å². The van der Waals surface area contributed by atoms with Crippen LogP contribution in [0.2, 0.25) is 0 Å². The third-order valence-electron chi connectivity index (χ3n) is 2.04. The van der Waals surface area contributed by atoms with Gasteiger partial charge in [-0.25, -0.2) is 26.7 Å². The minimum atomic E-state index is -3.78. The number of benzene rings is 1. The average Bonchev–Trinajstić information content (AvgIpc) is 2.15. The van der Waals surface area contributed by atoms with Gasteiger partial charge in [0.25, 0.3) is 0 Å². The van der Waals surface area contributed by atoms with Gasteiger partial charge < -0.3 is 0 Å². The highest BCUT2D eigenvalue weighted by Crippen LogP contribution is 2.13. The molecule has 1 rings (SSSR count). The van der Waals surface area contributed by atoms with Crippen molar-refractivity contribution >= 4 is 20.0 Å². The van der Waals surface area contributed by atoms with E-state index in [-0.39, 0.29) is 17.9 Å². The standard InChI is InChI=1S/C9H14N2O4S2/c1-16(12,13)11-7-6-8-4-2-3-5-9(8)17(10,14)15/h2-5,11H,6-7H2,1H3,(H2,10,14,15). The molecule has 0 fully saturated rings. The molecular weight excluding hydrogens is 264 g/mol. The Bertz CT molecular complexity index is 593. The highest BCUT2D eigenvalue weighted by molar-refractivity contribution is 7.89. The zero-order valence-corrected chi connectivity index (χ0v) is 10.9. The Kier molecular flexibility index (Phi) is 4.26. The van der Waals surface area contributed by atoms with Crippen LogP contribution in [0.25, 0.3) is 0 Å². The lowest BCUT2D eigenvalue weighted by atomic mass is 10.1. The highest BCUT2D eigenvalue weighted by Gasteiger charge is 2.12. The summed E-state index contributed by atoms with van der Waals surface area (Å²) in [6.07, 6.45) is 1.30. The molecule has 0 aliphatic rings. The van der Waals surface area contributed by atoms with Gasteiger partial charge in [0, 0.05) is 6.54 Å². The second-order valence-electron chi connectivity index (χ2n) is 3.57. The van der Waals surface area contributed by atoms with Crippen molar-refractivity contribution in [1.29, 1.82) is 0 Å². The van der Waals surface area contributed by atoms with Crippen LogP contribution in [0.4, 0.5) is 0 Å². The summed E-state index contributed by atoms with van der Waals surface area (Å²) in [4.78, 5) is 0.0234. The summed E-state index contributed by atoms with van der Waals surface area (Å²) in [6, 6.07) is 6.23. The molecule has 0 aliphatic heterocycles. The molecule has 0 atom stereocenters. The van der Waals surface area contributed by atoms with E-state index in [4.69, 9.17) is 5.14 Å². The first-order valence-electron chi connectivity index (χ1n) is 4.75. The Morgan fingerprint density at radius 3 is 2.29 bits per heavy atom. The smallest absolute Gasteiger partial charge is 0.225 e. The number of hydrogen-bond donors (Lipinski definition) is 2. The zero-order valence-electron chi connectivity index (χ0n) is 9.25. The molecule has 0 radical (unpaired) electrons. The van der Waals surface area contributed by atoms with Crippen molar-refractivity contribution < 1.29 is 16.8 Å².